The first-order valence-corrected chi connectivity index (χ1v) is 8.94. The highest BCUT2D eigenvalue weighted by molar-refractivity contribution is 6.15. The molecule has 1 aromatic heterocycles. The Kier molecular flexibility index (Phi) is 5.13. The predicted molar refractivity (Wildman–Crippen MR) is 100 cm³/mol. The highest BCUT2D eigenvalue weighted by Crippen LogP contribution is 2.28. The number of aliphatic imine (C=N–C) groups is 1. The van der Waals surface area contributed by atoms with Gasteiger partial charge in [0.1, 0.15) is 18.2 Å². The van der Waals surface area contributed by atoms with Crippen LogP contribution in [0.1, 0.15) is 16.7 Å². The summed E-state index contributed by atoms with van der Waals surface area (Å²) in [5.41, 5.74) is 4.46. The average Bonchev–Trinajstić information content (AvgIpc) is 3.12. The van der Waals surface area contributed by atoms with E-state index in [0.717, 1.165) is 54.7 Å². The first-order valence-electron chi connectivity index (χ1n) is 8.94. The fraction of sp³-hybridized carbons (Fsp3) is 0.400. The lowest BCUT2D eigenvalue weighted by Gasteiger charge is -2.28. The van der Waals surface area contributed by atoms with Crippen molar-refractivity contribution in [2.75, 3.05) is 51.5 Å². The van der Waals surface area contributed by atoms with Crippen LogP contribution in [0.2, 0.25) is 0 Å². The zero-order chi connectivity index (χ0) is 17.8. The molecule has 6 nitrogen and oxygen atoms in total. The topological polar surface area (TPSA) is 56.2 Å². The number of anilines is 1. The number of pyridine rings is 1. The number of rotatable bonds is 6. The Balaban J connectivity index is 1.57. The molecular weight excluding hydrogens is 330 g/mol. The van der Waals surface area contributed by atoms with E-state index in [2.05, 4.69) is 28.1 Å². The second-order valence-electron chi connectivity index (χ2n) is 6.33. The van der Waals surface area contributed by atoms with Gasteiger partial charge in [0, 0.05) is 37.5 Å². The van der Waals surface area contributed by atoms with Gasteiger partial charge in [-0.3, -0.25) is 4.99 Å². The van der Waals surface area contributed by atoms with Crippen molar-refractivity contribution in [3.63, 3.8) is 0 Å². The second-order valence-corrected chi connectivity index (χ2v) is 6.33. The Labute approximate surface area is 153 Å². The van der Waals surface area contributed by atoms with Crippen LogP contribution in [-0.2, 0) is 16.0 Å². The van der Waals surface area contributed by atoms with Gasteiger partial charge >= 0.3 is 0 Å². The first-order chi connectivity index (χ1) is 12.8. The Hall–Kier alpha value is -2.44. The summed E-state index contributed by atoms with van der Waals surface area (Å²) in [4.78, 5) is 11.6. The van der Waals surface area contributed by atoms with E-state index in [0.29, 0.717) is 19.8 Å². The Morgan fingerprint density at radius 1 is 1.12 bits per heavy atom. The quantitative estimate of drug-likeness (QED) is 0.746. The molecule has 0 unspecified atom stereocenters. The van der Waals surface area contributed by atoms with Crippen LogP contribution < -0.4 is 9.64 Å². The lowest BCUT2D eigenvalue weighted by atomic mass is 10.0. The van der Waals surface area contributed by atoms with E-state index >= 15 is 0 Å². The average molecular weight is 353 g/mol. The van der Waals surface area contributed by atoms with Crippen molar-refractivity contribution in [3.05, 3.63) is 53.2 Å². The number of nitrogens with zero attached hydrogens (tertiary/aromatic N) is 3. The second kappa shape index (κ2) is 7.85. The summed E-state index contributed by atoms with van der Waals surface area (Å²) in [6.07, 6.45) is 1.86. The van der Waals surface area contributed by atoms with Gasteiger partial charge in [0.25, 0.3) is 0 Å². The van der Waals surface area contributed by atoms with Gasteiger partial charge in [-0.1, -0.05) is 6.07 Å². The zero-order valence-electron chi connectivity index (χ0n) is 15.0. The number of methoxy groups -OCH3 is 1. The van der Waals surface area contributed by atoms with E-state index in [9.17, 15) is 0 Å². The van der Waals surface area contributed by atoms with E-state index in [1.54, 1.807) is 7.11 Å². The normalized spacial score (nSPS) is 16.3. The first kappa shape index (κ1) is 17.0. The van der Waals surface area contributed by atoms with Crippen LogP contribution in [0.25, 0.3) is 0 Å². The highest BCUT2D eigenvalue weighted by atomic mass is 16.5. The van der Waals surface area contributed by atoms with Gasteiger partial charge in [-0.15, -0.1) is 0 Å². The summed E-state index contributed by atoms with van der Waals surface area (Å²) in [5, 5.41) is 0. The van der Waals surface area contributed by atoms with E-state index < -0.39 is 0 Å². The highest BCUT2D eigenvalue weighted by Gasteiger charge is 2.20. The molecule has 6 heteroatoms. The molecule has 0 bridgehead atoms. The van der Waals surface area contributed by atoms with Gasteiger partial charge in [-0.2, -0.15) is 0 Å². The summed E-state index contributed by atoms with van der Waals surface area (Å²) in [6.45, 7) is 5.06. The van der Waals surface area contributed by atoms with Gasteiger partial charge in [-0.25, -0.2) is 4.98 Å². The molecule has 0 amide bonds. The molecule has 0 spiro atoms. The minimum absolute atomic E-state index is 0.540. The molecule has 1 saturated heterocycles. The van der Waals surface area contributed by atoms with Crippen molar-refractivity contribution in [2.45, 2.75) is 6.54 Å². The van der Waals surface area contributed by atoms with Gasteiger partial charge in [0.2, 0.25) is 0 Å². The van der Waals surface area contributed by atoms with Crippen LogP contribution >= 0.6 is 0 Å². The molecule has 0 saturated carbocycles. The molecule has 3 heterocycles. The van der Waals surface area contributed by atoms with Crippen molar-refractivity contribution in [1.29, 1.82) is 0 Å². The number of ether oxygens (including phenoxy) is 3. The molecule has 26 heavy (non-hydrogen) atoms. The summed E-state index contributed by atoms with van der Waals surface area (Å²) in [5.74, 6) is 1.83. The number of morpholine rings is 1. The molecule has 0 N–H and O–H groups in total. The Bertz CT molecular complexity index is 801. The number of benzene rings is 1. The summed E-state index contributed by atoms with van der Waals surface area (Å²) >= 11 is 0. The summed E-state index contributed by atoms with van der Waals surface area (Å²) in [7, 11) is 1.67. The third-order valence-electron chi connectivity index (χ3n) is 4.65. The Morgan fingerprint density at radius 2 is 2.00 bits per heavy atom. The summed E-state index contributed by atoms with van der Waals surface area (Å²) in [6, 6.07) is 10.3. The maximum atomic E-state index is 5.76. The smallest absolute Gasteiger partial charge is 0.129 e. The minimum atomic E-state index is 0.540. The fourth-order valence-electron chi connectivity index (χ4n) is 3.27. The molecule has 2 aliphatic heterocycles. The number of fused-ring (bicyclic) bond motifs is 1. The van der Waals surface area contributed by atoms with Gasteiger partial charge in [-0.05, 0) is 29.8 Å². The molecule has 4 rings (SSSR count). The van der Waals surface area contributed by atoms with E-state index in [1.165, 1.54) is 5.56 Å². The SMILES string of the molecule is COCCOc1ccc2c(c1)C(c1ccnc(N3CCOCC3)c1)=NC2. The van der Waals surface area contributed by atoms with Crippen LogP contribution in [0.3, 0.4) is 0 Å². The summed E-state index contributed by atoms with van der Waals surface area (Å²) < 4.78 is 16.2. The number of hydrogen-bond donors (Lipinski definition) is 0. The van der Waals surface area contributed by atoms with E-state index in [-0.39, 0.29) is 0 Å². The predicted octanol–water partition coefficient (Wildman–Crippen LogP) is 2.29. The molecule has 1 fully saturated rings. The van der Waals surface area contributed by atoms with Crippen LogP contribution in [0.4, 0.5) is 5.82 Å². The van der Waals surface area contributed by atoms with Crippen LogP contribution in [0.15, 0.2) is 41.5 Å². The molecule has 2 aliphatic rings. The van der Waals surface area contributed by atoms with E-state index in [4.69, 9.17) is 19.2 Å². The molecule has 0 atom stereocenters. The molecule has 136 valence electrons. The van der Waals surface area contributed by atoms with Crippen LogP contribution in [0.5, 0.6) is 5.75 Å². The van der Waals surface area contributed by atoms with Gasteiger partial charge in [0.15, 0.2) is 0 Å². The molecular formula is C20H23N3O3. The molecule has 0 aliphatic carbocycles. The van der Waals surface area contributed by atoms with Crippen molar-refractivity contribution in [2.24, 2.45) is 4.99 Å². The van der Waals surface area contributed by atoms with Crippen LogP contribution in [-0.4, -0.2) is 57.3 Å². The molecule has 1 aromatic carbocycles. The monoisotopic (exact) mass is 353 g/mol. The molecule has 0 radical (unpaired) electrons. The van der Waals surface area contributed by atoms with Gasteiger partial charge in [0.05, 0.1) is 32.1 Å². The van der Waals surface area contributed by atoms with Crippen molar-refractivity contribution in [1.82, 2.24) is 4.98 Å². The van der Waals surface area contributed by atoms with Crippen molar-refractivity contribution in [3.8, 4) is 5.75 Å². The largest absolute Gasteiger partial charge is 0.491 e. The zero-order valence-corrected chi connectivity index (χ0v) is 15.0. The maximum Gasteiger partial charge on any atom is 0.129 e. The third kappa shape index (κ3) is 3.57. The lowest BCUT2D eigenvalue weighted by Crippen LogP contribution is -2.36. The molecule has 2 aromatic rings. The number of hydrogen-bond acceptors (Lipinski definition) is 6. The van der Waals surface area contributed by atoms with Crippen molar-refractivity contribution >= 4 is 11.5 Å². The minimum Gasteiger partial charge on any atom is -0.491 e. The Morgan fingerprint density at radius 3 is 2.85 bits per heavy atom. The standard InChI is InChI=1S/C20H23N3O3/c1-24-10-11-26-17-3-2-16-14-22-20(18(16)13-17)15-4-5-21-19(12-15)23-6-8-25-9-7-23/h2-5,12-13H,6-11,14H2,1H3. The maximum absolute atomic E-state index is 5.76. The van der Waals surface area contributed by atoms with Crippen molar-refractivity contribution < 1.29 is 14.2 Å². The van der Waals surface area contributed by atoms with E-state index in [1.807, 2.05) is 18.3 Å². The third-order valence-corrected chi connectivity index (χ3v) is 4.65. The van der Waals surface area contributed by atoms with Crippen LogP contribution in [0, 0.1) is 0 Å². The lowest BCUT2D eigenvalue weighted by molar-refractivity contribution is 0.122. The number of aromatic nitrogens is 1. The van der Waals surface area contributed by atoms with Gasteiger partial charge < -0.3 is 19.1 Å². The fourth-order valence-corrected chi connectivity index (χ4v) is 3.27.